The summed E-state index contributed by atoms with van der Waals surface area (Å²) >= 11 is 5.84. The molecule has 1 N–H and O–H groups in total. The molecule has 0 amide bonds. The Balaban J connectivity index is 2.63. The van der Waals surface area contributed by atoms with E-state index in [1.807, 2.05) is 0 Å². The van der Waals surface area contributed by atoms with Crippen LogP contribution in [0.15, 0.2) is 28.5 Å². The van der Waals surface area contributed by atoms with Gasteiger partial charge in [0.2, 0.25) is 9.84 Å². The highest BCUT2D eigenvalue weighted by Gasteiger charge is 2.26. The number of likely N-dealkylation sites (N-methyl/N-ethyl adjacent to an activating group) is 1. The molecule has 1 aliphatic rings. The van der Waals surface area contributed by atoms with Crippen LogP contribution in [0.3, 0.4) is 0 Å². The molecule has 15 heavy (non-hydrogen) atoms. The summed E-state index contributed by atoms with van der Waals surface area (Å²) < 4.78 is 23.4. The van der Waals surface area contributed by atoms with Crippen molar-refractivity contribution in [2.45, 2.75) is 4.90 Å². The van der Waals surface area contributed by atoms with Crippen LogP contribution in [0.2, 0.25) is 5.02 Å². The van der Waals surface area contributed by atoms with Crippen LogP contribution in [0.4, 0.5) is 0 Å². The highest BCUT2D eigenvalue weighted by atomic mass is 35.5. The molecule has 0 unspecified atom stereocenters. The van der Waals surface area contributed by atoms with E-state index in [4.69, 9.17) is 11.6 Å². The topological polar surface area (TPSA) is 46.2 Å². The van der Waals surface area contributed by atoms with E-state index in [2.05, 4.69) is 5.32 Å². The number of hydrogen-bond acceptors (Lipinski definition) is 3. The minimum absolute atomic E-state index is 0.345. The maximum Gasteiger partial charge on any atom is 0.200 e. The highest BCUT2D eigenvalue weighted by molar-refractivity contribution is 7.95. The molecule has 3 nitrogen and oxygen atoms in total. The van der Waals surface area contributed by atoms with E-state index in [9.17, 15) is 8.42 Å². The van der Waals surface area contributed by atoms with Crippen molar-refractivity contribution < 1.29 is 8.42 Å². The lowest BCUT2D eigenvalue weighted by molar-refractivity contribution is 0.605. The minimum Gasteiger partial charge on any atom is -0.316 e. The third kappa shape index (κ3) is 1.80. The Morgan fingerprint density at radius 3 is 2.80 bits per heavy atom. The van der Waals surface area contributed by atoms with Crippen molar-refractivity contribution in [3.63, 3.8) is 0 Å². The Morgan fingerprint density at radius 2 is 2.13 bits per heavy atom. The van der Waals surface area contributed by atoms with Crippen molar-refractivity contribution in [3.8, 4) is 0 Å². The van der Waals surface area contributed by atoms with Gasteiger partial charge in [-0.1, -0.05) is 11.6 Å². The second-order valence-electron chi connectivity index (χ2n) is 3.36. The van der Waals surface area contributed by atoms with Crippen molar-refractivity contribution in [1.82, 2.24) is 5.32 Å². The van der Waals surface area contributed by atoms with Crippen LogP contribution in [0, 0.1) is 0 Å². The molecule has 1 heterocycles. The molecule has 80 valence electrons. The third-order valence-corrected chi connectivity index (χ3v) is 4.06. The number of hydrogen-bond donors (Lipinski definition) is 1. The van der Waals surface area contributed by atoms with Crippen LogP contribution in [0.25, 0.3) is 5.57 Å². The second-order valence-corrected chi connectivity index (χ2v) is 5.56. The molecular weight excluding hydrogens is 234 g/mol. The van der Waals surface area contributed by atoms with Crippen LogP contribution < -0.4 is 5.32 Å². The van der Waals surface area contributed by atoms with Gasteiger partial charge in [0.15, 0.2) is 0 Å². The van der Waals surface area contributed by atoms with E-state index in [-0.39, 0.29) is 0 Å². The van der Waals surface area contributed by atoms with Gasteiger partial charge in [0.05, 0.1) is 4.90 Å². The fourth-order valence-corrected chi connectivity index (χ4v) is 3.28. The molecule has 1 aromatic rings. The third-order valence-electron chi connectivity index (χ3n) is 2.26. The minimum atomic E-state index is -3.25. The number of benzene rings is 1. The zero-order chi connectivity index (χ0) is 11.1. The molecule has 2 rings (SSSR count). The van der Waals surface area contributed by atoms with Gasteiger partial charge in [-0.15, -0.1) is 0 Å². The molecule has 0 aliphatic carbocycles. The molecule has 0 saturated heterocycles. The second kappa shape index (κ2) is 3.63. The summed E-state index contributed by atoms with van der Waals surface area (Å²) in [6, 6.07) is 4.82. The van der Waals surface area contributed by atoms with Crippen molar-refractivity contribution in [2.75, 3.05) is 13.6 Å². The van der Waals surface area contributed by atoms with Gasteiger partial charge in [-0.25, -0.2) is 8.42 Å². The van der Waals surface area contributed by atoms with Crippen molar-refractivity contribution in [2.24, 2.45) is 0 Å². The number of sulfone groups is 1. The lowest BCUT2D eigenvalue weighted by Gasteiger charge is -2.03. The van der Waals surface area contributed by atoms with E-state index in [0.717, 1.165) is 5.57 Å². The van der Waals surface area contributed by atoms with Crippen LogP contribution in [-0.4, -0.2) is 22.0 Å². The maximum absolute atomic E-state index is 11.7. The first-order chi connectivity index (χ1) is 7.04. The summed E-state index contributed by atoms with van der Waals surface area (Å²) in [6.07, 6.45) is 0. The molecule has 0 fully saturated rings. The fourth-order valence-electron chi connectivity index (χ4n) is 1.64. The molecular formula is C10H10ClNO2S. The first kappa shape index (κ1) is 10.7. The molecule has 5 heteroatoms. The van der Waals surface area contributed by atoms with Gasteiger partial charge >= 0.3 is 0 Å². The van der Waals surface area contributed by atoms with Gasteiger partial charge < -0.3 is 5.32 Å². The Hall–Kier alpha value is -0.840. The molecule has 0 atom stereocenters. The molecule has 0 bridgehead atoms. The Kier molecular flexibility index (Phi) is 2.58. The first-order valence-electron chi connectivity index (χ1n) is 4.45. The highest BCUT2D eigenvalue weighted by Crippen LogP contribution is 2.34. The first-order valence-corrected chi connectivity index (χ1v) is 6.37. The largest absolute Gasteiger partial charge is 0.316 e. The number of rotatable bonds is 2. The van der Waals surface area contributed by atoms with Crippen LogP contribution in [-0.2, 0) is 9.84 Å². The van der Waals surface area contributed by atoms with Crippen molar-refractivity contribution >= 4 is 27.0 Å². The zero-order valence-corrected chi connectivity index (χ0v) is 9.69. The van der Waals surface area contributed by atoms with Crippen molar-refractivity contribution in [1.29, 1.82) is 0 Å². The van der Waals surface area contributed by atoms with Gasteiger partial charge in [0.25, 0.3) is 0 Å². The van der Waals surface area contributed by atoms with E-state index in [0.29, 0.717) is 22.0 Å². The Morgan fingerprint density at radius 1 is 1.40 bits per heavy atom. The van der Waals surface area contributed by atoms with E-state index in [1.54, 1.807) is 25.2 Å². The van der Waals surface area contributed by atoms with Gasteiger partial charge in [-0.3, -0.25) is 0 Å². The Labute approximate surface area is 93.7 Å². The van der Waals surface area contributed by atoms with Crippen LogP contribution in [0.5, 0.6) is 0 Å². The van der Waals surface area contributed by atoms with Gasteiger partial charge in [-0.2, -0.15) is 0 Å². The van der Waals surface area contributed by atoms with E-state index >= 15 is 0 Å². The molecule has 0 saturated carbocycles. The quantitative estimate of drug-likeness (QED) is 0.860. The summed E-state index contributed by atoms with van der Waals surface area (Å²) in [4.78, 5) is 0.345. The molecule has 0 aromatic heterocycles. The summed E-state index contributed by atoms with van der Waals surface area (Å²) in [6.45, 7) is 0.520. The summed E-state index contributed by atoms with van der Waals surface area (Å²) in [5.74, 6) is 0. The molecule has 0 radical (unpaired) electrons. The summed E-state index contributed by atoms with van der Waals surface area (Å²) in [5, 5.41) is 4.78. The SMILES string of the molecule is CNCC1=CS(=O)(=O)c2ccc(Cl)cc21. The van der Waals surface area contributed by atoms with E-state index < -0.39 is 9.84 Å². The van der Waals surface area contributed by atoms with Crippen LogP contribution >= 0.6 is 11.6 Å². The molecule has 1 aliphatic heterocycles. The standard InChI is InChI=1S/C10H10ClNO2S/c1-12-5-7-6-15(13,14)10-3-2-8(11)4-9(7)10/h2-4,6,12H,5H2,1H3. The fraction of sp³-hybridized carbons (Fsp3) is 0.200. The number of halogens is 1. The smallest absolute Gasteiger partial charge is 0.200 e. The van der Waals surface area contributed by atoms with E-state index in [1.165, 1.54) is 5.41 Å². The Bertz CT molecular complexity index is 534. The van der Waals surface area contributed by atoms with Gasteiger partial charge in [-0.05, 0) is 30.8 Å². The average Bonchev–Trinajstić information content (AvgIpc) is 2.39. The molecule has 0 spiro atoms. The average molecular weight is 244 g/mol. The predicted octanol–water partition coefficient (Wildman–Crippen LogP) is 1.69. The maximum atomic E-state index is 11.7. The summed E-state index contributed by atoms with van der Waals surface area (Å²) in [5.41, 5.74) is 1.46. The predicted molar refractivity (Wildman–Crippen MR) is 60.5 cm³/mol. The lowest BCUT2D eigenvalue weighted by atomic mass is 10.1. The molecule has 1 aromatic carbocycles. The summed E-state index contributed by atoms with van der Waals surface area (Å²) in [7, 11) is -1.48. The lowest BCUT2D eigenvalue weighted by Crippen LogP contribution is -2.08. The normalized spacial score (nSPS) is 17.3. The van der Waals surface area contributed by atoms with Crippen LogP contribution in [0.1, 0.15) is 5.56 Å². The number of fused-ring (bicyclic) bond motifs is 1. The van der Waals surface area contributed by atoms with Crippen molar-refractivity contribution in [3.05, 3.63) is 34.2 Å². The van der Waals surface area contributed by atoms with Gasteiger partial charge in [0.1, 0.15) is 0 Å². The monoisotopic (exact) mass is 243 g/mol. The number of nitrogens with one attached hydrogen (secondary N) is 1. The van der Waals surface area contributed by atoms with Gasteiger partial charge in [0, 0.05) is 22.5 Å². The zero-order valence-electron chi connectivity index (χ0n) is 8.12.